The molecule has 0 amide bonds. The fourth-order valence-corrected chi connectivity index (χ4v) is 8.23. The van der Waals surface area contributed by atoms with Crippen LogP contribution < -0.4 is 0 Å². The Labute approximate surface area is 181 Å². The van der Waals surface area contributed by atoms with Gasteiger partial charge in [0.05, 0.1) is 6.54 Å². The average molecular weight is 439 g/mol. The summed E-state index contributed by atoms with van der Waals surface area (Å²) in [5.74, 6) is 0.680. The first-order valence-electron chi connectivity index (χ1n) is 11.9. The minimum Gasteiger partial charge on any atom is -0.384 e. The molecule has 0 aliphatic heterocycles. The molecule has 1 N–H and O–H groups in total. The number of fused-ring (bicyclic) bond motifs is 5. The monoisotopic (exact) mass is 438 g/mol. The van der Waals surface area contributed by atoms with Gasteiger partial charge in [-0.05, 0) is 92.4 Å². The van der Waals surface area contributed by atoms with Crippen molar-refractivity contribution in [2.45, 2.75) is 83.0 Å². The van der Waals surface area contributed by atoms with E-state index in [1.807, 2.05) is 12.3 Å². The summed E-state index contributed by atoms with van der Waals surface area (Å²) in [6.07, 6.45) is 4.02. The Morgan fingerprint density at radius 1 is 1.16 bits per heavy atom. The number of hydrogen-bond donors (Lipinski definition) is 1. The first-order chi connectivity index (χ1) is 14.7. The Hall–Kier alpha value is -1.37. The van der Waals surface area contributed by atoms with Crippen molar-refractivity contribution in [2.75, 3.05) is 0 Å². The summed E-state index contributed by atoms with van der Waals surface area (Å²) in [5, 5.41) is 14.5. The Bertz CT molecular complexity index is 818. The lowest BCUT2D eigenvalue weighted by atomic mass is 9.48. The Balaban J connectivity index is 1.34. The third kappa shape index (κ3) is 3.37. The van der Waals surface area contributed by atoms with E-state index in [1.165, 1.54) is 0 Å². The van der Waals surface area contributed by atoms with E-state index in [2.05, 4.69) is 12.0 Å². The molecule has 0 saturated heterocycles. The van der Waals surface area contributed by atoms with Crippen molar-refractivity contribution in [3.63, 3.8) is 0 Å². The largest absolute Gasteiger partial charge is 0.384 e. The van der Waals surface area contributed by atoms with Crippen LogP contribution in [0.15, 0.2) is 18.5 Å². The second kappa shape index (κ2) is 7.60. The maximum absolute atomic E-state index is 15.4. The topological polar surface area (TPSA) is 55.1 Å². The zero-order valence-corrected chi connectivity index (χ0v) is 18.1. The number of carbonyl (C=O) groups excluding carboxylic acids is 1. The zero-order chi connectivity index (χ0) is 22.0. The predicted molar refractivity (Wildman–Crippen MR) is 109 cm³/mol. The van der Waals surface area contributed by atoms with Gasteiger partial charge < -0.3 is 5.11 Å². The lowest BCUT2D eigenvalue weighted by molar-refractivity contribution is -0.173. The van der Waals surface area contributed by atoms with Crippen molar-refractivity contribution in [3.8, 4) is 0 Å². The van der Waals surface area contributed by atoms with Gasteiger partial charge in [-0.3, -0.25) is 9.48 Å². The van der Waals surface area contributed by atoms with E-state index < -0.39 is 24.1 Å². The highest BCUT2D eigenvalue weighted by atomic mass is 19.3. The highest BCUT2D eigenvalue weighted by Crippen LogP contribution is 2.65. The summed E-state index contributed by atoms with van der Waals surface area (Å²) in [6, 6.07) is 1.82. The molecule has 1 heterocycles. The van der Waals surface area contributed by atoms with Crippen LogP contribution in [0, 0.1) is 40.9 Å². The van der Waals surface area contributed by atoms with Gasteiger partial charge in [0.2, 0.25) is 0 Å². The van der Waals surface area contributed by atoms with Crippen LogP contribution in [0.4, 0.5) is 13.2 Å². The zero-order valence-electron chi connectivity index (χ0n) is 18.1. The van der Waals surface area contributed by atoms with Crippen molar-refractivity contribution >= 4 is 5.78 Å². The number of aromatic nitrogens is 2. The molecule has 4 nitrogen and oxygen atoms in total. The molecule has 31 heavy (non-hydrogen) atoms. The maximum Gasteiger partial charge on any atom is 0.266 e. The first kappa shape index (κ1) is 21.5. The van der Waals surface area contributed by atoms with Crippen LogP contribution in [0.1, 0.15) is 58.3 Å². The normalized spacial score (nSPS) is 47.0. The molecule has 1 aromatic heterocycles. The summed E-state index contributed by atoms with van der Waals surface area (Å²) in [6.45, 7) is 2.51. The number of alkyl halides is 3. The molecule has 0 unspecified atom stereocenters. The molecule has 1 aromatic rings. The summed E-state index contributed by atoms with van der Waals surface area (Å²) < 4.78 is 43.8. The van der Waals surface area contributed by atoms with Crippen LogP contribution in [0.2, 0.25) is 0 Å². The van der Waals surface area contributed by atoms with Crippen molar-refractivity contribution in [1.82, 2.24) is 9.78 Å². The first-order valence-corrected chi connectivity index (χ1v) is 11.9. The van der Waals surface area contributed by atoms with Crippen molar-refractivity contribution < 1.29 is 23.1 Å². The molecule has 0 radical (unpaired) electrons. The summed E-state index contributed by atoms with van der Waals surface area (Å²) in [5.41, 5.74) is -2.14. The van der Waals surface area contributed by atoms with Crippen LogP contribution in [0.25, 0.3) is 0 Å². The Morgan fingerprint density at radius 3 is 2.61 bits per heavy atom. The number of Topliss-reactive ketones (excluding diaryl/α,β-unsaturated/α-hetero) is 1. The number of carbonyl (C=O) groups is 1. The lowest BCUT2D eigenvalue weighted by Gasteiger charge is -2.57. The summed E-state index contributed by atoms with van der Waals surface area (Å²) in [4.78, 5) is 13.1. The van der Waals surface area contributed by atoms with E-state index in [1.54, 1.807) is 10.9 Å². The van der Waals surface area contributed by atoms with Crippen molar-refractivity contribution in [2.24, 2.45) is 40.9 Å². The molecule has 0 aromatic carbocycles. The van der Waals surface area contributed by atoms with Gasteiger partial charge in [0.15, 0.2) is 5.78 Å². The van der Waals surface area contributed by atoms with Crippen molar-refractivity contribution in [3.05, 3.63) is 18.5 Å². The van der Waals surface area contributed by atoms with Crippen LogP contribution in [-0.2, 0) is 11.3 Å². The Morgan fingerprint density at radius 2 is 1.90 bits per heavy atom. The minimum absolute atomic E-state index is 0.0197. The third-order valence-corrected chi connectivity index (χ3v) is 9.73. The number of rotatable bonds is 4. The molecular formula is C24H33F3N2O2. The standard InChI is InChI=1S/C24H33F3N2O2/c1-23-7-5-14-15-6-8-24(31,22(26)27)12-17(15)20(25)11-16(14)18(23)3-4-19(23)21(30)13-29-10-2-9-28-29/h2,9-10,14-20,22,31H,3-8,11-13H2,1H3/t14-,15-,16-,17-,18+,19-,20-,23+,24-/m1/s1. The smallest absolute Gasteiger partial charge is 0.266 e. The van der Waals surface area contributed by atoms with Gasteiger partial charge in [0.25, 0.3) is 6.43 Å². The predicted octanol–water partition coefficient (Wildman–Crippen LogP) is 4.67. The van der Waals surface area contributed by atoms with Crippen LogP contribution in [0.5, 0.6) is 0 Å². The van der Waals surface area contributed by atoms with Crippen LogP contribution in [-0.4, -0.2) is 38.9 Å². The van der Waals surface area contributed by atoms with Gasteiger partial charge in [0.1, 0.15) is 11.8 Å². The third-order valence-electron chi connectivity index (χ3n) is 9.73. The fourth-order valence-electron chi connectivity index (χ4n) is 8.23. The quantitative estimate of drug-likeness (QED) is 0.744. The average Bonchev–Trinajstić information content (AvgIpc) is 3.35. The van der Waals surface area contributed by atoms with E-state index in [-0.39, 0.29) is 48.3 Å². The van der Waals surface area contributed by atoms with Gasteiger partial charge in [-0.25, -0.2) is 13.2 Å². The van der Waals surface area contributed by atoms with E-state index in [0.717, 1.165) is 25.7 Å². The molecule has 0 bridgehead atoms. The van der Waals surface area contributed by atoms with Gasteiger partial charge in [-0.2, -0.15) is 5.10 Å². The van der Waals surface area contributed by atoms with E-state index in [4.69, 9.17) is 0 Å². The molecule has 4 saturated carbocycles. The lowest BCUT2D eigenvalue weighted by Crippen LogP contribution is -2.56. The molecule has 9 atom stereocenters. The molecular weight excluding hydrogens is 405 g/mol. The SMILES string of the molecule is C[C@]12CC[C@@H]3[C@H]4CC[C@](O)(C(F)F)C[C@H]4[C@H](F)C[C@H]3[C@@H]1CC[C@@H]2C(=O)Cn1cccn1. The molecule has 4 aliphatic rings. The maximum atomic E-state index is 15.4. The molecule has 4 fully saturated rings. The number of ketones is 1. The van der Waals surface area contributed by atoms with Crippen molar-refractivity contribution in [1.29, 1.82) is 0 Å². The van der Waals surface area contributed by atoms with Crippen LogP contribution >= 0.6 is 0 Å². The molecule has 5 rings (SSSR count). The Kier molecular flexibility index (Phi) is 5.26. The molecule has 7 heteroatoms. The summed E-state index contributed by atoms with van der Waals surface area (Å²) in [7, 11) is 0. The molecule has 0 spiro atoms. The van der Waals surface area contributed by atoms with E-state index >= 15 is 4.39 Å². The van der Waals surface area contributed by atoms with E-state index in [0.29, 0.717) is 24.7 Å². The molecule has 4 aliphatic carbocycles. The molecule has 172 valence electrons. The minimum atomic E-state index is -2.82. The number of nitrogens with zero attached hydrogens (tertiary/aromatic N) is 2. The van der Waals surface area contributed by atoms with E-state index in [9.17, 15) is 18.7 Å². The highest BCUT2D eigenvalue weighted by molar-refractivity contribution is 5.82. The van der Waals surface area contributed by atoms with Crippen LogP contribution in [0.3, 0.4) is 0 Å². The number of aliphatic hydroxyl groups is 1. The summed E-state index contributed by atoms with van der Waals surface area (Å²) >= 11 is 0. The fraction of sp³-hybridized carbons (Fsp3) is 0.833. The van der Waals surface area contributed by atoms with Gasteiger partial charge in [-0.15, -0.1) is 0 Å². The number of hydrogen-bond acceptors (Lipinski definition) is 3. The second-order valence-electron chi connectivity index (χ2n) is 11.0. The highest BCUT2D eigenvalue weighted by Gasteiger charge is 2.61. The second-order valence-corrected chi connectivity index (χ2v) is 11.0. The van der Waals surface area contributed by atoms with Gasteiger partial charge in [0, 0.05) is 18.3 Å². The van der Waals surface area contributed by atoms with Gasteiger partial charge >= 0.3 is 0 Å². The number of halogens is 3. The van der Waals surface area contributed by atoms with Gasteiger partial charge in [-0.1, -0.05) is 6.92 Å².